The van der Waals surface area contributed by atoms with E-state index in [1.165, 1.54) is 16.9 Å². The Morgan fingerprint density at radius 3 is 3.06 bits per heavy atom. The summed E-state index contributed by atoms with van der Waals surface area (Å²) in [5.41, 5.74) is 2.93. The minimum absolute atomic E-state index is 0.297. The molecule has 1 aromatic heterocycles. The molecular formula is C14H18O2. The van der Waals surface area contributed by atoms with Crippen molar-refractivity contribution in [2.75, 3.05) is 0 Å². The van der Waals surface area contributed by atoms with E-state index in [4.69, 9.17) is 4.42 Å². The minimum atomic E-state index is 0.297. The fourth-order valence-corrected chi connectivity index (χ4v) is 3.36. The van der Waals surface area contributed by atoms with E-state index in [9.17, 15) is 4.79 Å². The standard InChI is InChI=1S/C14H18O2/c1-9-8-16-13-7-14(2)4-3-11(15)5-10(14)6-12(9)13/h8,10H,3-7H2,1-2H3/t10-,14+/m0/s1. The highest BCUT2D eigenvalue weighted by molar-refractivity contribution is 5.79. The summed E-state index contributed by atoms with van der Waals surface area (Å²) in [7, 11) is 0. The van der Waals surface area contributed by atoms with Gasteiger partial charge in [-0.3, -0.25) is 4.79 Å². The lowest BCUT2D eigenvalue weighted by molar-refractivity contribution is -0.125. The molecule has 0 N–H and O–H groups in total. The molecule has 16 heavy (non-hydrogen) atoms. The minimum Gasteiger partial charge on any atom is -0.469 e. The summed E-state index contributed by atoms with van der Waals surface area (Å²) in [4.78, 5) is 11.6. The first kappa shape index (κ1) is 10.1. The highest BCUT2D eigenvalue weighted by atomic mass is 16.3. The zero-order valence-electron chi connectivity index (χ0n) is 10.0. The van der Waals surface area contributed by atoms with Gasteiger partial charge in [0, 0.05) is 19.3 Å². The van der Waals surface area contributed by atoms with Gasteiger partial charge in [-0.25, -0.2) is 0 Å². The van der Waals surface area contributed by atoms with Crippen LogP contribution < -0.4 is 0 Å². The number of ketones is 1. The Kier molecular flexibility index (Phi) is 2.04. The third kappa shape index (κ3) is 1.35. The van der Waals surface area contributed by atoms with Gasteiger partial charge in [0.05, 0.1) is 6.26 Å². The molecule has 2 nitrogen and oxygen atoms in total. The maximum atomic E-state index is 11.6. The molecule has 0 saturated heterocycles. The second-order valence-electron chi connectivity index (χ2n) is 5.80. The molecule has 1 aromatic rings. The van der Waals surface area contributed by atoms with Crippen molar-refractivity contribution < 1.29 is 9.21 Å². The van der Waals surface area contributed by atoms with Gasteiger partial charge in [-0.05, 0) is 42.2 Å². The molecule has 0 aromatic carbocycles. The predicted molar refractivity (Wildman–Crippen MR) is 61.3 cm³/mol. The molecule has 2 aliphatic carbocycles. The normalized spacial score (nSPS) is 33.4. The fourth-order valence-electron chi connectivity index (χ4n) is 3.36. The number of carbonyl (C=O) groups excluding carboxylic acids is 1. The van der Waals surface area contributed by atoms with Gasteiger partial charge in [0.15, 0.2) is 0 Å². The van der Waals surface area contributed by atoms with Crippen LogP contribution in [0.4, 0.5) is 0 Å². The molecule has 0 bridgehead atoms. The Morgan fingerprint density at radius 2 is 2.25 bits per heavy atom. The number of fused-ring (bicyclic) bond motifs is 2. The van der Waals surface area contributed by atoms with Crippen LogP contribution >= 0.6 is 0 Å². The first-order valence-corrected chi connectivity index (χ1v) is 6.16. The van der Waals surface area contributed by atoms with Gasteiger partial charge in [-0.15, -0.1) is 0 Å². The summed E-state index contributed by atoms with van der Waals surface area (Å²) < 4.78 is 5.64. The molecule has 0 aliphatic heterocycles. The van der Waals surface area contributed by atoms with Crippen LogP contribution in [0.5, 0.6) is 0 Å². The second-order valence-corrected chi connectivity index (χ2v) is 5.80. The fraction of sp³-hybridized carbons (Fsp3) is 0.643. The van der Waals surface area contributed by atoms with Gasteiger partial charge in [0.2, 0.25) is 0 Å². The average molecular weight is 218 g/mol. The first-order chi connectivity index (χ1) is 7.58. The third-order valence-electron chi connectivity index (χ3n) is 4.64. The Labute approximate surface area is 96.0 Å². The molecule has 2 aliphatic rings. The number of hydrogen-bond acceptors (Lipinski definition) is 2. The van der Waals surface area contributed by atoms with Crippen molar-refractivity contribution in [3.63, 3.8) is 0 Å². The molecule has 0 spiro atoms. The molecule has 86 valence electrons. The third-order valence-corrected chi connectivity index (χ3v) is 4.64. The SMILES string of the molecule is Cc1coc2c1C[C@@H]1CC(=O)CC[C@]1(C)C2. The van der Waals surface area contributed by atoms with Crippen molar-refractivity contribution in [3.05, 3.63) is 23.2 Å². The summed E-state index contributed by atoms with van der Waals surface area (Å²) in [6.45, 7) is 4.43. The summed E-state index contributed by atoms with van der Waals surface area (Å²) in [6, 6.07) is 0. The lowest BCUT2D eigenvalue weighted by Crippen LogP contribution is -2.40. The van der Waals surface area contributed by atoms with Crippen LogP contribution in [0.3, 0.4) is 0 Å². The van der Waals surface area contributed by atoms with Gasteiger partial charge < -0.3 is 4.42 Å². The van der Waals surface area contributed by atoms with Crippen LogP contribution in [0.25, 0.3) is 0 Å². The van der Waals surface area contributed by atoms with Crippen LogP contribution in [0, 0.1) is 18.3 Å². The Balaban J connectivity index is 1.98. The lowest BCUT2D eigenvalue weighted by Gasteiger charge is -2.43. The van der Waals surface area contributed by atoms with Crippen molar-refractivity contribution in [2.24, 2.45) is 11.3 Å². The van der Waals surface area contributed by atoms with E-state index < -0.39 is 0 Å². The predicted octanol–water partition coefficient (Wildman–Crippen LogP) is 3.06. The van der Waals surface area contributed by atoms with Crippen molar-refractivity contribution in [1.29, 1.82) is 0 Å². The smallest absolute Gasteiger partial charge is 0.133 e. The van der Waals surface area contributed by atoms with Crippen LogP contribution in [0.1, 0.15) is 43.1 Å². The summed E-state index contributed by atoms with van der Waals surface area (Å²) in [6.07, 6.45) is 6.51. The van der Waals surface area contributed by atoms with Crippen LogP contribution in [0.2, 0.25) is 0 Å². The highest BCUT2D eigenvalue weighted by Crippen LogP contribution is 2.48. The molecule has 1 saturated carbocycles. The molecular weight excluding hydrogens is 200 g/mol. The highest BCUT2D eigenvalue weighted by Gasteiger charge is 2.44. The van der Waals surface area contributed by atoms with E-state index in [0.717, 1.165) is 32.1 Å². The van der Waals surface area contributed by atoms with Crippen LogP contribution in [-0.4, -0.2) is 5.78 Å². The van der Waals surface area contributed by atoms with Crippen molar-refractivity contribution in [1.82, 2.24) is 0 Å². The summed E-state index contributed by atoms with van der Waals surface area (Å²) >= 11 is 0. The molecule has 2 heteroatoms. The van der Waals surface area contributed by atoms with E-state index in [1.54, 1.807) is 0 Å². The number of rotatable bonds is 0. The Morgan fingerprint density at radius 1 is 1.44 bits per heavy atom. The largest absolute Gasteiger partial charge is 0.469 e. The first-order valence-electron chi connectivity index (χ1n) is 6.16. The Hall–Kier alpha value is -1.05. The zero-order valence-corrected chi connectivity index (χ0v) is 10.0. The zero-order chi connectivity index (χ0) is 11.3. The van der Waals surface area contributed by atoms with E-state index in [1.807, 2.05) is 6.26 Å². The van der Waals surface area contributed by atoms with Gasteiger partial charge >= 0.3 is 0 Å². The Bertz CT molecular complexity index is 444. The molecule has 3 rings (SSSR count). The monoisotopic (exact) mass is 218 g/mol. The molecule has 0 radical (unpaired) electrons. The van der Waals surface area contributed by atoms with Gasteiger partial charge in [-0.1, -0.05) is 6.92 Å². The molecule has 1 heterocycles. The van der Waals surface area contributed by atoms with Crippen molar-refractivity contribution in [2.45, 2.75) is 46.0 Å². The quantitative estimate of drug-likeness (QED) is 0.670. The van der Waals surface area contributed by atoms with Gasteiger partial charge in [-0.2, -0.15) is 0 Å². The van der Waals surface area contributed by atoms with E-state index in [2.05, 4.69) is 13.8 Å². The molecule has 2 atom stereocenters. The van der Waals surface area contributed by atoms with E-state index in [0.29, 0.717) is 17.1 Å². The van der Waals surface area contributed by atoms with Crippen LogP contribution in [0.15, 0.2) is 10.7 Å². The van der Waals surface area contributed by atoms with Crippen molar-refractivity contribution in [3.8, 4) is 0 Å². The second kappa shape index (κ2) is 3.22. The molecule has 1 fully saturated rings. The van der Waals surface area contributed by atoms with Crippen molar-refractivity contribution >= 4 is 5.78 Å². The number of carbonyl (C=O) groups is 1. The van der Waals surface area contributed by atoms with Crippen LogP contribution in [-0.2, 0) is 17.6 Å². The number of aryl methyl sites for hydroxylation is 1. The number of furan rings is 1. The lowest BCUT2D eigenvalue weighted by atomic mass is 9.60. The topological polar surface area (TPSA) is 30.2 Å². The maximum absolute atomic E-state index is 11.6. The molecule has 0 unspecified atom stereocenters. The number of Topliss-reactive ketones (excluding diaryl/α,β-unsaturated/α-hetero) is 1. The number of hydrogen-bond donors (Lipinski definition) is 0. The summed E-state index contributed by atoms with van der Waals surface area (Å²) in [5.74, 6) is 2.16. The average Bonchev–Trinajstić information content (AvgIpc) is 2.58. The molecule has 0 amide bonds. The summed E-state index contributed by atoms with van der Waals surface area (Å²) in [5, 5.41) is 0. The van der Waals surface area contributed by atoms with Gasteiger partial charge in [0.25, 0.3) is 0 Å². The van der Waals surface area contributed by atoms with E-state index in [-0.39, 0.29) is 0 Å². The van der Waals surface area contributed by atoms with E-state index >= 15 is 0 Å². The maximum Gasteiger partial charge on any atom is 0.133 e. The van der Waals surface area contributed by atoms with Gasteiger partial charge in [0.1, 0.15) is 11.5 Å².